The van der Waals surface area contributed by atoms with Gasteiger partial charge in [0.25, 0.3) is 0 Å². The number of benzene rings is 3. The number of aliphatic carboxylic acids is 1. The van der Waals surface area contributed by atoms with Gasteiger partial charge >= 0.3 is 11.9 Å². The molecule has 0 saturated heterocycles. The Morgan fingerprint density at radius 2 is 1.54 bits per heavy atom. The number of halogens is 1. The van der Waals surface area contributed by atoms with Crippen molar-refractivity contribution in [2.75, 3.05) is 10.6 Å². The van der Waals surface area contributed by atoms with E-state index in [2.05, 4.69) is 10.6 Å². The number of carbonyl (C=O) groups is 4. The predicted molar refractivity (Wildman–Crippen MR) is 134 cm³/mol. The van der Waals surface area contributed by atoms with Gasteiger partial charge in [-0.25, -0.2) is 9.59 Å². The second-order valence-electron chi connectivity index (χ2n) is 7.09. The summed E-state index contributed by atoms with van der Waals surface area (Å²) in [5.74, 6) is -3.45. The summed E-state index contributed by atoms with van der Waals surface area (Å²) in [7, 11) is 0. The van der Waals surface area contributed by atoms with E-state index in [4.69, 9.17) is 16.7 Å². The highest BCUT2D eigenvalue weighted by Crippen LogP contribution is 2.37. The molecule has 1 unspecified atom stereocenters. The monoisotopic (exact) mass is 510 g/mol. The van der Waals surface area contributed by atoms with E-state index >= 15 is 0 Å². The maximum absolute atomic E-state index is 13.2. The van der Waals surface area contributed by atoms with Gasteiger partial charge in [-0.15, -0.1) is 11.8 Å². The van der Waals surface area contributed by atoms with Gasteiger partial charge in [-0.3, -0.25) is 9.59 Å². The first kappa shape index (κ1) is 25.5. The van der Waals surface area contributed by atoms with E-state index in [1.54, 1.807) is 48.5 Å². The largest absolute Gasteiger partial charge is 0.478 e. The molecule has 0 aromatic heterocycles. The summed E-state index contributed by atoms with van der Waals surface area (Å²) in [5, 5.41) is 22.6. The SMILES string of the molecule is O=C(O)/C=C/C(=O)Nc1cccc(SC(C(=O)Nc2ccc(Cl)c(C(=O)O)c2)c2ccccc2)c1. The maximum Gasteiger partial charge on any atom is 0.337 e. The number of hydrogen-bond acceptors (Lipinski definition) is 5. The number of carbonyl (C=O) groups excluding carboxylic acids is 2. The van der Waals surface area contributed by atoms with E-state index in [-0.39, 0.29) is 16.3 Å². The van der Waals surface area contributed by atoms with E-state index in [1.807, 2.05) is 6.07 Å². The second kappa shape index (κ2) is 11.9. The van der Waals surface area contributed by atoms with Gasteiger partial charge in [-0.1, -0.05) is 48.0 Å². The van der Waals surface area contributed by atoms with Crippen molar-refractivity contribution in [3.05, 3.63) is 101 Å². The molecule has 0 spiro atoms. The zero-order valence-electron chi connectivity index (χ0n) is 18.0. The summed E-state index contributed by atoms with van der Waals surface area (Å²) in [6.07, 6.45) is 1.64. The Morgan fingerprint density at radius 1 is 0.829 bits per heavy atom. The third kappa shape index (κ3) is 7.46. The van der Waals surface area contributed by atoms with Gasteiger partial charge in [0.2, 0.25) is 11.8 Å². The molecule has 4 N–H and O–H groups in total. The summed E-state index contributed by atoms with van der Waals surface area (Å²) in [5.41, 5.74) is 1.28. The highest BCUT2D eigenvalue weighted by Gasteiger charge is 2.23. The fraction of sp³-hybridized carbons (Fsp3) is 0.0400. The van der Waals surface area contributed by atoms with Crippen LogP contribution in [-0.2, 0) is 14.4 Å². The van der Waals surface area contributed by atoms with Gasteiger partial charge in [-0.05, 0) is 42.0 Å². The van der Waals surface area contributed by atoms with E-state index in [9.17, 15) is 24.3 Å². The molecule has 0 aliphatic heterocycles. The van der Waals surface area contributed by atoms with E-state index < -0.39 is 29.0 Å². The number of carboxylic acid groups (broad SMARTS) is 2. The van der Waals surface area contributed by atoms with Crippen molar-refractivity contribution in [3.63, 3.8) is 0 Å². The van der Waals surface area contributed by atoms with Crippen LogP contribution in [0, 0.1) is 0 Å². The zero-order valence-corrected chi connectivity index (χ0v) is 19.5. The van der Waals surface area contributed by atoms with Crippen molar-refractivity contribution in [3.8, 4) is 0 Å². The van der Waals surface area contributed by atoms with Gasteiger partial charge in [0.05, 0.1) is 10.6 Å². The highest BCUT2D eigenvalue weighted by molar-refractivity contribution is 8.00. The first-order chi connectivity index (χ1) is 16.7. The lowest BCUT2D eigenvalue weighted by atomic mass is 10.1. The molecule has 3 aromatic carbocycles. The molecule has 0 aliphatic carbocycles. The molecule has 178 valence electrons. The van der Waals surface area contributed by atoms with E-state index in [1.165, 1.54) is 30.0 Å². The maximum atomic E-state index is 13.2. The molecule has 0 heterocycles. The van der Waals surface area contributed by atoms with Crippen LogP contribution < -0.4 is 10.6 Å². The molecule has 0 saturated carbocycles. The third-order valence-corrected chi connectivity index (χ3v) is 6.12. The van der Waals surface area contributed by atoms with Crippen LogP contribution in [0.3, 0.4) is 0 Å². The standard InChI is InChI=1S/C25H19ClN2O6S/c26-20-10-9-17(14-19(20)25(33)34)28-24(32)23(15-5-2-1-3-6-15)35-18-8-4-7-16(13-18)27-21(29)11-12-22(30)31/h1-14,23H,(H,27,29)(H,28,32)(H,30,31)(H,33,34)/b12-11+. The molecule has 0 bridgehead atoms. The fourth-order valence-electron chi connectivity index (χ4n) is 2.99. The van der Waals surface area contributed by atoms with Crippen molar-refractivity contribution in [1.29, 1.82) is 0 Å². The second-order valence-corrected chi connectivity index (χ2v) is 8.67. The normalized spacial score (nSPS) is 11.6. The van der Waals surface area contributed by atoms with Gasteiger partial charge < -0.3 is 20.8 Å². The lowest BCUT2D eigenvalue weighted by Crippen LogP contribution is -2.19. The van der Waals surface area contributed by atoms with Crippen LogP contribution >= 0.6 is 23.4 Å². The van der Waals surface area contributed by atoms with Crippen LogP contribution in [0.1, 0.15) is 21.2 Å². The van der Waals surface area contributed by atoms with Gasteiger partial charge in [0, 0.05) is 28.4 Å². The Labute approximate surface area is 209 Å². The van der Waals surface area contributed by atoms with Crippen molar-refractivity contribution in [1.82, 2.24) is 0 Å². The average Bonchev–Trinajstić information content (AvgIpc) is 2.83. The Bertz CT molecular complexity index is 1300. The Hall–Kier alpha value is -4.08. The lowest BCUT2D eigenvalue weighted by molar-refractivity contribution is -0.131. The minimum Gasteiger partial charge on any atom is -0.478 e. The Morgan fingerprint density at radius 3 is 2.23 bits per heavy atom. The van der Waals surface area contributed by atoms with Crippen molar-refractivity contribution < 1.29 is 29.4 Å². The topological polar surface area (TPSA) is 133 Å². The van der Waals surface area contributed by atoms with Gasteiger partial charge in [0.15, 0.2) is 0 Å². The number of thioether (sulfide) groups is 1. The lowest BCUT2D eigenvalue weighted by Gasteiger charge is -2.18. The van der Waals surface area contributed by atoms with Crippen LogP contribution in [0.4, 0.5) is 11.4 Å². The molecule has 2 amide bonds. The summed E-state index contributed by atoms with van der Waals surface area (Å²) in [6, 6.07) is 20.0. The number of rotatable bonds is 9. The van der Waals surface area contributed by atoms with Crippen molar-refractivity contribution >= 4 is 58.5 Å². The van der Waals surface area contributed by atoms with Crippen LogP contribution in [-0.4, -0.2) is 34.0 Å². The first-order valence-electron chi connectivity index (χ1n) is 10.1. The van der Waals surface area contributed by atoms with Gasteiger partial charge in [-0.2, -0.15) is 0 Å². The zero-order chi connectivity index (χ0) is 25.4. The summed E-state index contributed by atoms with van der Waals surface area (Å²) in [4.78, 5) is 47.8. The average molecular weight is 511 g/mol. The van der Waals surface area contributed by atoms with Crippen LogP contribution in [0.2, 0.25) is 5.02 Å². The molecule has 1 atom stereocenters. The quantitative estimate of drug-likeness (QED) is 0.233. The van der Waals surface area contributed by atoms with Crippen LogP contribution in [0.15, 0.2) is 89.8 Å². The first-order valence-corrected chi connectivity index (χ1v) is 11.4. The number of hydrogen-bond donors (Lipinski definition) is 4. The third-order valence-electron chi connectivity index (χ3n) is 4.54. The number of nitrogens with one attached hydrogen (secondary N) is 2. The smallest absolute Gasteiger partial charge is 0.337 e. The van der Waals surface area contributed by atoms with Crippen LogP contribution in [0.25, 0.3) is 0 Å². The highest BCUT2D eigenvalue weighted by atomic mass is 35.5. The molecule has 3 aromatic rings. The predicted octanol–water partition coefficient (Wildman–Crippen LogP) is 5.09. The molecule has 10 heteroatoms. The minimum atomic E-state index is -1.24. The van der Waals surface area contributed by atoms with Crippen molar-refractivity contribution in [2.45, 2.75) is 10.1 Å². The van der Waals surface area contributed by atoms with E-state index in [0.29, 0.717) is 16.1 Å². The molecule has 0 fully saturated rings. The fourth-order valence-corrected chi connectivity index (χ4v) is 4.27. The molecule has 3 rings (SSSR count). The molecule has 0 aliphatic rings. The number of aromatic carboxylic acids is 1. The molecule has 0 radical (unpaired) electrons. The molecule has 8 nitrogen and oxygen atoms in total. The number of carboxylic acids is 2. The molecular weight excluding hydrogens is 492 g/mol. The summed E-state index contributed by atoms with van der Waals surface area (Å²) >= 11 is 7.14. The van der Waals surface area contributed by atoms with Crippen LogP contribution in [0.5, 0.6) is 0 Å². The number of amides is 2. The summed E-state index contributed by atoms with van der Waals surface area (Å²) in [6.45, 7) is 0. The van der Waals surface area contributed by atoms with Gasteiger partial charge in [0.1, 0.15) is 5.25 Å². The molecular formula is C25H19ClN2O6S. The Kier molecular flexibility index (Phi) is 8.66. The Balaban J connectivity index is 1.83. The molecule has 35 heavy (non-hydrogen) atoms. The van der Waals surface area contributed by atoms with Crippen molar-refractivity contribution in [2.24, 2.45) is 0 Å². The summed E-state index contributed by atoms with van der Waals surface area (Å²) < 4.78 is 0. The van der Waals surface area contributed by atoms with E-state index in [0.717, 1.165) is 12.2 Å². The minimum absolute atomic E-state index is 0.0570. The number of anilines is 2.